The van der Waals surface area contributed by atoms with E-state index in [2.05, 4.69) is 24.8 Å². The van der Waals surface area contributed by atoms with Crippen LogP contribution < -0.4 is 0 Å². The molecule has 1 heterocycles. The zero-order chi connectivity index (χ0) is 9.68. The van der Waals surface area contributed by atoms with Crippen molar-refractivity contribution in [3.05, 3.63) is 0 Å². The van der Waals surface area contributed by atoms with Gasteiger partial charge in [-0.2, -0.15) is 5.26 Å². The van der Waals surface area contributed by atoms with Crippen LogP contribution in [0.25, 0.3) is 0 Å². The van der Waals surface area contributed by atoms with Gasteiger partial charge in [-0.1, -0.05) is 13.8 Å². The Morgan fingerprint density at radius 3 is 3.00 bits per heavy atom. The monoisotopic (exact) mass is 182 g/mol. The van der Waals surface area contributed by atoms with Gasteiger partial charge >= 0.3 is 0 Å². The summed E-state index contributed by atoms with van der Waals surface area (Å²) in [7, 11) is 0. The van der Waals surface area contributed by atoms with Crippen molar-refractivity contribution in [2.45, 2.75) is 26.4 Å². The summed E-state index contributed by atoms with van der Waals surface area (Å²) >= 11 is 0. The molecule has 0 aromatic rings. The Labute approximate surface area is 80.3 Å². The van der Waals surface area contributed by atoms with E-state index in [4.69, 9.17) is 10.00 Å². The number of nitrogens with zero attached hydrogens (tertiary/aromatic N) is 2. The number of hydrogen-bond acceptors (Lipinski definition) is 3. The molecule has 0 radical (unpaired) electrons. The Bertz CT molecular complexity index is 186. The van der Waals surface area contributed by atoms with Gasteiger partial charge in [-0.3, -0.25) is 4.90 Å². The Morgan fingerprint density at radius 1 is 1.62 bits per heavy atom. The maximum Gasteiger partial charge on any atom is 0.156 e. The summed E-state index contributed by atoms with van der Waals surface area (Å²) in [5.74, 6) is 0.739. The van der Waals surface area contributed by atoms with Gasteiger partial charge in [-0.05, 0) is 18.9 Å². The van der Waals surface area contributed by atoms with Gasteiger partial charge in [0.15, 0.2) is 6.10 Å². The summed E-state index contributed by atoms with van der Waals surface area (Å²) < 4.78 is 5.26. The maximum atomic E-state index is 8.68. The summed E-state index contributed by atoms with van der Waals surface area (Å²) in [5, 5.41) is 8.68. The molecule has 0 spiro atoms. The molecule has 74 valence electrons. The molecular formula is C10H18N2O. The van der Waals surface area contributed by atoms with Gasteiger partial charge in [0.05, 0.1) is 12.7 Å². The molecule has 1 fully saturated rings. The zero-order valence-electron chi connectivity index (χ0n) is 8.49. The first kappa shape index (κ1) is 10.5. The summed E-state index contributed by atoms with van der Waals surface area (Å²) in [6.45, 7) is 8.01. The quantitative estimate of drug-likeness (QED) is 0.659. The van der Waals surface area contributed by atoms with Gasteiger partial charge in [0.1, 0.15) is 0 Å². The van der Waals surface area contributed by atoms with E-state index in [9.17, 15) is 0 Å². The molecule has 0 N–H and O–H groups in total. The molecular weight excluding hydrogens is 164 g/mol. The van der Waals surface area contributed by atoms with Gasteiger partial charge in [-0.15, -0.1) is 0 Å². The second-order valence-electron chi connectivity index (χ2n) is 3.97. The van der Waals surface area contributed by atoms with Crippen molar-refractivity contribution >= 4 is 0 Å². The summed E-state index contributed by atoms with van der Waals surface area (Å²) in [6.07, 6.45) is 0.999. The van der Waals surface area contributed by atoms with Crippen LogP contribution >= 0.6 is 0 Å². The molecule has 1 unspecified atom stereocenters. The minimum atomic E-state index is -0.207. The van der Waals surface area contributed by atoms with E-state index in [1.807, 2.05) is 0 Å². The molecule has 3 nitrogen and oxygen atoms in total. The van der Waals surface area contributed by atoms with Crippen molar-refractivity contribution in [2.75, 3.05) is 26.2 Å². The largest absolute Gasteiger partial charge is 0.361 e. The van der Waals surface area contributed by atoms with E-state index in [0.29, 0.717) is 6.61 Å². The fraction of sp³-hybridized carbons (Fsp3) is 0.900. The molecule has 0 aromatic heterocycles. The maximum absolute atomic E-state index is 8.68. The van der Waals surface area contributed by atoms with Crippen LogP contribution in [0.2, 0.25) is 0 Å². The van der Waals surface area contributed by atoms with Gasteiger partial charge < -0.3 is 4.74 Å². The number of morpholine rings is 1. The van der Waals surface area contributed by atoms with E-state index >= 15 is 0 Å². The van der Waals surface area contributed by atoms with Crippen LogP contribution in [0.15, 0.2) is 0 Å². The normalized spacial score (nSPS) is 24.6. The number of hydrogen-bond donors (Lipinski definition) is 0. The smallest absolute Gasteiger partial charge is 0.156 e. The first-order chi connectivity index (χ1) is 6.22. The standard InChI is InChI=1S/C10H18N2O/c1-9(2)3-4-12-5-6-13-10(7-11)8-12/h9-10H,3-6,8H2,1-2H3. The molecule has 0 aromatic carbocycles. The van der Waals surface area contributed by atoms with Crippen molar-refractivity contribution in [1.82, 2.24) is 4.90 Å². The van der Waals surface area contributed by atoms with Crippen LogP contribution in [0.5, 0.6) is 0 Å². The predicted octanol–water partition coefficient (Wildman–Crippen LogP) is 1.26. The van der Waals surface area contributed by atoms with Crippen LogP contribution in [0.1, 0.15) is 20.3 Å². The second-order valence-corrected chi connectivity index (χ2v) is 3.97. The lowest BCUT2D eigenvalue weighted by Gasteiger charge is -2.29. The Balaban J connectivity index is 2.23. The van der Waals surface area contributed by atoms with Gasteiger partial charge in [0.2, 0.25) is 0 Å². The average Bonchev–Trinajstić information content (AvgIpc) is 2.15. The number of ether oxygens (including phenoxy) is 1. The SMILES string of the molecule is CC(C)CCN1CCOC(C#N)C1. The van der Waals surface area contributed by atoms with E-state index in [0.717, 1.165) is 25.6 Å². The number of nitriles is 1. The van der Waals surface area contributed by atoms with Gasteiger partial charge in [-0.25, -0.2) is 0 Å². The third-order valence-corrected chi connectivity index (χ3v) is 2.32. The number of rotatable bonds is 3. The molecule has 13 heavy (non-hydrogen) atoms. The summed E-state index contributed by atoms with van der Waals surface area (Å²) in [4.78, 5) is 2.32. The molecule has 0 saturated carbocycles. The highest BCUT2D eigenvalue weighted by Crippen LogP contribution is 2.07. The van der Waals surface area contributed by atoms with Gasteiger partial charge in [0, 0.05) is 13.1 Å². The molecule has 1 atom stereocenters. The third-order valence-electron chi connectivity index (χ3n) is 2.32. The summed E-state index contributed by atoms with van der Waals surface area (Å²) in [5.41, 5.74) is 0. The first-order valence-electron chi connectivity index (χ1n) is 4.96. The fourth-order valence-electron chi connectivity index (χ4n) is 1.42. The molecule has 0 amide bonds. The molecule has 1 aliphatic rings. The molecule has 1 saturated heterocycles. The van der Waals surface area contributed by atoms with Crippen LogP contribution in [0.4, 0.5) is 0 Å². The highest BCUT2D eigenvalue weighted by molar-refractivity contribution is 4.89. The fourth-order valence-corrected chi connectivity index (χ4v) is 1.42. The van der Waals surface area contributed by atoms with Crippen molar-refractivity contribution in [3.63, 3.8) is 0 Å². The van der Waals surface area contributed by atoms with Crippen molar-refractivity contribution < 1.29 is 4.74 Å². The zero-order valence-corrected chi connectivity index (χ0v) is 8.49. The first-order valence-corrected chi connectivity index (χ1v) is 4.96. The lowest BCUT2D eigenvalue weighted by atomic mass is 10.1. The Hall–Kier alpha value is -0.590. The third kappa shape index (κ3) is 3.75. The Morgan fingerprint density at radius 2 is 2.38 bits per heavy atom. The van der Waals surface area contributed by atoms with Crippen LogP contribution in [-0.2, 0) is 4.74 Å². The average molecular weight is 182 g/mol. The van der Waals surface area contributed by atoms with Gasteiger partial charge in [0.25, 0.3) is 0 Å². The van der Waals surface area contributed by atoms with E-state index < -0.39 is 0 Å². The van der Waals surface area contributed by atoms with E-state index in [1.54, 1.807) is 0 Å². The van der Waals surface area contributed by atoms with Crippen LogP contribution in [-0.4, -0.2) is 37.2 Å². The van der Waals surface area contributed by atoms with Crippen LogP contribution in [0, 0.1) is 17.2 Å². The lowest BCUT2D eigenvalue weighted by molar-refractivity contribution is -0.000831. The predicted molar refractivity (Wildman–Crippen MR) is 51.2 cm³/mol. The molecule has 3 heteroatoms. The van der Waals surface area contributed by atoms with Crippen molar-refractivity contribution in [3.8, 4) is 6.07 Å². The second kappa shape index (κ2) is 5.21. The molecule has 0 aliphatic carbocycles. The topological polar surface area (TPSA) is 36.3 Å². The van der Waals surface area contributed by atoms with Crippen molar-refractivity contribution in [2.24, 2.45) is 5.92 Å². The summed E-state index contributed by atoms with van der Waals surface area (Å²) in [6, 6.07) is 2.16. The molecule has 1 aliphatic heterocycles. The highest BCUT2D eigenvalue weighted by atomic mass is 16.5. The minimum absolute atomic E-state index is 0.207. The molecule has 0 bridgehead atoms. The van der Waals surface area contributed by atoms with Crippen LogP contribution in [0.3, 0.4) is 0 Å². The molecule has 1 rings (SSSR count). The minimum Gasteiger partial charge on any atom is -0.361 e. The highest BCUT2D eigenvalue weighted by Gasteiger charge is 2.19. The van der Waals surface area contributed by atoms with E-state index in [-0.39, 0.29) is 6.10 Å². The lowest BCUT2D eigenvalue weighted by Crippen LogP contribution is -2.42. The van der Waals surface area contributed by atoms with Crippen molar-refractivity contribution in [1.29, 1.82) is 5.26 Å². The van der Waals surface area contributed by atoms with E-state index in [1.165, 1.54) is 6.42 Å². The Kier molecular flexibility index (Phi) is 4.20.